The molecule has 4 aromatic rings. The number of nitrogens with one attached hydrogen (secondary N) is 1. The second-order valence-corrected chi connectivity index (χ2v) is 10.0. The predicted octanol–water partition coefficient (Wildman–Crippen LogP) is 2.25. The van der Waals surface area contributed by atoms with Crippen molar-refractivity contribution in [2.24, 2.45) is 0 Å². The second-order valence-electron chi connectivity index (χ2n) is 9.57. The number of hydrogen-bond acceptors (Lipinski definition) is 9. The molecule has 16 heteroatoms. The highest BCUT2D eigenvalue weighted by molar-refractivity contribution is 6.31. The molecule has 1 saturated heterocycles. The van der Waals surface area contributed by atoms with Crippen LogP contribution in [0.15, 0.2) is 49.1 Å². The van der Waals surface area contributed by atoms with Gasteiger partial charge in [0.2, 0.25) is 5.91 Å². The summed E-state index contributed by atoms with van der Waals surface area (Å²) in [6, 6.07) is 5.73. The van der Waals surface area contributed by atoms with E-state index in [1.165, 1.54) is 46.0 Å². The largest absolute Gasteiger partial charge is 0.434 e. The Bertz CT molecular complexity index is 1570. The monoisotopic (exact) mass is 618 g/mol. The molecule has 3 aromatic heterocycles. The van der Waals surface area contributed by atoms with Crippen molar-refractivity contribution in [2.75, 3.05) is 57.9 Å². The number of ether oxygens (including phenoxy) is 2. The van der Waals surface area contributed by atoms with Crippen molar-refractivity contribution >= 4 is 34.7 Å². The van der Waals surface area contributed by atoms with Crippen molar-refractivity contribution in [2.45, 2.75) is 13.2 Å². The van der Waals surface area contributed by atoms with Crippen molar-refractivity contribution in [3.05, 3.63) is 59.6 Å². The van der Waals surface area contributed by atoms with Crippen LogP contribution in [-0.4, -0.2) is 110 Å². The van der Waals surface area contributed by atoms with Crippen LogP contribution in [0.1, 0.15) is 10.4 Å². The lowest BCUT2D eigenvalue weighted by molar-refractivity contribution is -0.133. The maximum Gasteiger partial charge on any atom is 0.387 e. The summed E-state index contributed by atoms with van der Waals surface area (Å²) in [7, 11) is 0. The number of piperazine rings is 1. The average Bonchev–Trinajstić information content (AvgIpc) is 3.60. The summed E-state index contributed by atoms with van der Waals surface area (Å²) >= 11 is 6.19. The Labute approximate surface area is 249 Å². The molecule has 2 N–H and O–H groups in total. The van der Waals surface area contributed by atoms with Crippen molar-refractivity contribution in [1.82, 2.24) is 34.2 Å². The summed E-state index contributed by atoms with van der Waals surface area (Å²) in [6.45, 7) is 0.473. The van der Waals surface area contributed by atoms with E-state index in [-0.39, 0.29) is 58.9 Å². The van der Waals surface area contributed by atoms with E-state index in [1.54, 1.807) is 17.2 Å². The van der Waals surface area contributed by atoms with Crippen LogP contribution < -0.4 is 10.1 Å². The molecule has 0 saturated carbocycles. The molecule has 13 nitrogen and oxygen atoms in total. The first kappa shape index (κ1) is 30.3. The normalized spacial score (nSPS) is 14.0. The third-order valence-electron chi connectivity index (χ3n) is 6.76. The van der Waals surface area contributed by atoms with Crippen LogP contribution in [0.3, 0.4) is 0 Å². The zero-order valence-electron chi connectivity index (χ0n) is 22.9. The lowest BCUT2D eigenvalue weighted by atomic mass is 10.1. The topological polar surface area (TPSA) is 139 Å². The molecular weight excluding hydrogens is 590 g/mol. The Morgan fingerprint density at radius 1 is 1.16 bits per heavy atom. The van der Waals surface area contributed by atoms with Crippen molar-refractivity contribution in [3.8, 4) is 17.0 Å². The van der Waals surface area contributed by atoms with E-state index in [9.17, 15) is 18.4 Å². The molecule has 1 aliphatic rings. The van der Waals surface area contributed by atoms with Crippen LogP contribution in [0.25, 0.3) is 16.9 Å². The van der Waals surface area contributed by atoms with Crippen LogP contribution in [0, 0.1) is 0 Å². The lowest BCUT2D eigenvalue weighted by Gasteiger charge is -2.34. The van der Waals surface area contributed by atoms with E-state index in [4.69, 9.17) is 26.2 Å². The van der Waals surface area contributed by atoms with Gasteiger partial charge < -0.3 is 24.8 Å². The molecule has 1 aliphatic heterocycles. The molecule has 2 amide bonds. The highest BCUT2D eigenvalue weighted by atomic mass is 35.5. The van der Waals surface area contributed by atoms with Gasteiger partial charge in [-0.2, -0.15) is 19.0 Å². The summed E-state index contributed by atoms with van der Waals surface area (Å²) in [5.41, 5.74) is 0.806. The molecule has 228 valence electrons. The van der Waals surface area contributed by atoms with Crippen molar-refractivity contribution < 1.29 is 33.0 Å². The minimum Gasteiger partial charge on any atom is -0.434 e. The third-order valence-corrected chi connectivity index (χ3v) is 6.99. The first-order chi connectivity index (χ1) is 20.8. The van der Waals surface area contributed by atoms with Crippen LogP contribution in [0.5, 0.6) is 5.75 Å². The van der Waals surface area contributed by atoms with E-state index < -0.39 is 12.5 Å². The summed E-state index contributed by atoms with van der Waals surface area (Å²) in [6.07, 6.45) is 5.97. The van der Waals surface area contributed by atoms with Crippen LogP contribution in [0.2, 0.25) is 5.02 Å². The van der Waals surface area contributed by atoms with Crippen LogP contribution in [0.4, 0.5) is 14.5 Å². The van der Waals surface area contributed by atoms with Crippen LogP contribution in [-0.2, 0) is 16.1 Å². The number of fused-ring (bicyclic) bond motifs is 1. The Morgan fingerprint density at radius 3 is 2.74 bits per heavy atom. The molecule has 0 spiro atoms. The number of nitrogens with zero attached hydrogens (tertiary/aromatic N) is 7. The van der Waals surface area contributed by atoms with E-state index in [1.807, 2.05) is 0 Å². The number of benzene rings is 1. The van der Waals surface area contributed by atoms with Gasteiger partial charge in [0.1, 0.15) is 23.6 Å². The average molecular weight is 619 g/mol. The molecule has 0 radical (unpaired) electrons. The third kappa shape index (κ3) is 7.43. The number of aliphatic hydroxyl groups excluding tert-OH is 1. The van der Waals surface area contributed by atoms with Gasteiger partial charge in [-0.15, -0.1) is 0 Å². The van der Waals surface area contributed by atoms with Crippen molar-refractivity contribution in [1.29, 1.82) is 0 Å². The number of aromatic nitrogens is 5. The molecule has 0 aliphatic carbocycles. The van der Waals surface area contributed by atoms with Gasteiger partial charge in [-0.1, -0.05) is 11.6 Å². The number of amides is 2. The molecule has 4 heterocycles. The quantitative estimate of drug-likeness (QED) is 0.229. The number of carbonyl (C=O) groups is 2. The Kier molecular flexibility index (Phi) is 9.76. The second kappa shape index (κ2) is 13.9. The summed E-state index contributed by atoms with van der Waals surface area (Å²) in [5, 5.41) is 20.4. The predicted molar refractivity (Wildman–Crippen MR) is 151 cm³/mol. The maximum atomic E-state index is 13.3. The fraction of sp³-hybridized carbons (Fsp3) is 0.370. The first-order valence-corrected chi connectivity index (χ1v) is 13.8. The van der Waals surface area contributed by atoms with Gasteiger partial charge in [-0.3, -0.25) is 19.2 Å². The molecule has 5 rings (SSSR count). The van der Waals surface area contributed by atoms with E-state index in [2.05, 4.69) is 25.4 Å². The lowest BCUT2D eigenvalue weighted by Crippen LogP contribution is -2.50. The van der Waals surface area contributed by atoms with Crippen LogP contribution >= 0.6 is 11.6 Å². The van der Waals surface area contributed by atoms with Gasteiger partial charge in [-0.05, 0) is 24.3 Å². The molecule has 1 aromatic carbocycles. The van der Waals surface area contributed by atoms with Gasteiger partial charge in [0.25, 0.3) is 5.91 Å². The molecule has 1 fully saturated rings. The standard InChI is InChI=1S/C27H29ClF2N8O5/c28-18-2-3-22(43-27(29)30)19(14-18)24-21(33-26(41)20-15-32-38-5-1-4-31-25(20)38)16-37(34-24)17-23(40)36-8-6-35(7-9-36)10-12-42-13-11-39/h1-5,14-16,27,39H,6-13,17H2,(H,33,41). The highest BCUT2D eigenvalue weighted by Crippen LogP contribution is 2.37. The summed E-state index contributed by atoms with van der Waals surface area (Å²) in [4.78, 5) is 34.6. The van der Waals surface area contributed by atoms with Gasteiger partial charge in [-0.25, -0.2) is 9.50 Å². The number of halogens is 3. The van der Waals surface area contributed by atoms with Gasteiger partial charge in [0.05, 0.1) is 31.7 Å². The fourth-order valence-corrected chi connectivity index (χ4v) is 4.85. The minimum atomic E-state index is -3.12. The van der Waals surface area contributed by atoms with Crippen molar-refractivity contribution in [3.63, 3.8) is 0 Å². The SMILES string of the molecule is O=C(Nc1cn(CC(=O)N2CCN(CCOCCO)CC2)nc1-c1cc(Cl)ccc1OC(F)F)c1cnn2cccnc12. The van der Waals surface area contributed by atoms with Gasteiger partial charge in [0, 0.05) is 61.9 Å². The maximum absolute atomic E-state index is 13.3. The van der Waals surface area contributed by atoms with Gasteiger partial charge in [0.15, 0.2) is 5.65 Å². The van der Waals surface area contributed by atoms with Gasteiger partial charge >= 0.3 is 6.61 Å². The number of anilines is 1. The zero-order chi connectivity index (χ0) is 30.3. The molecular formula is C27H29ClF2N8O5. The summed E-state index contributed by atoms with van der Waals surface area (Å²) in [5.74, 6) is -0.980. The Hall–Kier alpha value is -4.18. The van der Waals surface area contributed by atoms with E-state index in [0.29, 0.717) is 45.0 Å². The molecule has 0 unspecified atom stereocenters. The summed E-state index contributed by atoms with van der Waals surface area (Å²) < 4.78 is 39.3. The number of alkyl halides is 2. The number of rotatable bonds is 12. The Morgan fingerprint density at radius 2 is 1.98 bits per heavy atom. The zero-order valence-corrected chi connectivity index (χ0v) is 23.7. The van der Waals surface area contributed by atoms with E-state index >= 15 is 0 Å². The number of carbonyl (C=O) groups excluding carboxylic acids is 2. The first-order valence-electron chi connectivity index (χ1n) is 13.4. The number of hydrogen-bond donors (Lipinski definition) is 2. The minimum absolute atomic E-state index is 0.0292. The molecule has 0 atom stereocenters. The highest BCUT2D eigenvalue weighted by Gasteiger charge is 2.25. The van der Waals surface area contributed by atoms with E-state index in [0.717, 1.165) is 0 Å². The smallest absolute Gasteiger partial charge is 0.387 e. The Balaban J connectivity index is 1.37. The molecule has 43 heavy (non-hydrogen) atoms. The molecule has 0 bridgehead atoms. The number of aliphatic hydroxyl groups is 1. The fourth-order valence-electron chi connectivity index (χ4n) is 4.68.